The first-order chi connectivity index (χ1) is 8.38. The van der Waals surface area contributed by atoms with E-state index in [1.54, 1.807) is 0 Å². The molecule has 5 heteroatoms. The Balaban J connectivity index is 1.76. The molecule has 2 rings (SSSR count). The van der Waals surface area contributed by atoms with Crippen LogP contribution in [0.5, 0.6) is 0 Å². The average molecular weight is 239 g/mol. The van der Waals surface area contributed by atoms with Crippen molar-refractivity contribution >= 4 is 0 Å². The fourth-order valence-corrected chi connectivity index (χ4v) is 2.11. The largest absolute Gasteiger partial charge is 0.381 e. The molecule has 0 radical (unpaired) electrons. The van der Waals surface area contributed by atoms with Gasteiger partial charge in [-0.25, -0.2) is 0 Å². The first-order valence-electron chi connectivity index (χ1n) is 6.42. The topological polar surface area (TPSA) is 60.2 Å². The molecule has 1 aliphatic heterocycles. The lowest BCUT2D eigenvalue weighted by Gasteiger charge is -2.20. The van der Waals surface area contributed by atoms with Crippen LogP contribution in [0.3, 0.4) is 0 Å². The summed E-state index contributed by atoms with van der Waals surface area (Å²) in [4.78, 5) is 4.42. The second-order valence-electron chi connectivity index (χ2n) is 4.60. The third-order valence-corrected chi connectivity index (χ3v) is 3.06. The van der Waals surface area contributed by atoms with Gasteiger partial charge in [0.2, 0.25) is 5.89 Å². The Kier molecular flexibility index (Phi) is 4.94. The van der Waals surface area contributed by atoms with E-state index in [-0.39, 0.29) is 0 Å². The van der Waals surface area contributed by atoms with Crippen molar-refractivity contribution in [2.75, 3.05) is 26.8 Å². The molecule has 17 heavy (non-hydrogen) atoms. The van der Waals surface area contributed by atoms with Gasteiger partial charge in [-0.3, -0.25) is 0 Å². The number of rotatable bonds is 6. The van der Waals surface area contributed by atoms with Crippen LogP contribution in [0.4, 0.5) is 0 Å². The smallest absolute Gasteiger partial charge is 0.227 e. The van der Waals surface area contributed by atoms with Crippen LogP contribution in [0.25, 0.3) is 0 Å². The van der Waals surface area contributed by atoms with Crippen molar-refractivity contribution in [2.45, 2.75) is 32.1 Å². The van der Waals surface area contributed by atoms with Crippen LogP contribution in [0.2, 0.25) is 0 Å². The van der Waals surface area contributed by atoms with Crippen LogP contribution in [-0.2, 0) is 17.6 Å². The minimum absolute atomic E-state index is 0.550. The molecule has 1 N–H and O–H groups in total. The molecule has 1 fully saturated rings. The van der Waals surface area contributed by atoms with Crippen molar-refractivity contribution < 1.29 is 9.26 Å². The Bertz CT molecular complexity index is 321. The van der Waals surface area contributed by atoms with Crippen LogP contribution in [-0.4, -0.2) is 36.9 Å². The number of ether oxygens (including phenoxy) is 1. The maximum Gasteiger partial charge on any atom is 0.227 e. The maximum atomic E-state index is 5.44. The van der Waals surface area contributed by atoms with E-state index in [4.69, 9.17) is 9.26 Å². The Morgan fingerprint density at radius 2 is 2.41 bits per heavy atom. The molecule has 1 unspecified atom stereocenters. The number of hydrogen-bond acceptors (Lipinski definition) is 5. The number of nitrogens with one attached hydrogen (secondary N) is 1. The van der Waals surface area contributed by atoms with Gasteiger partial charge in [0.1, 0.15) is 0 Å². The van der Waals surface area contributed by atoms with E-state index >= 15 is 0 Å². The van der Waals surface area contributed by atoms with E-state index in [2.05, 4.69) is 15.5 Å². The molecule has 1 saturated heterocycles. The summed E-state index contributed by atoms with van der Waals surface area (Å²) in [5.74, 6) is 2.14. The summed E-state index contributed by atoms with van der Waals surface area (Å²) in [5, 5.41) is 7.11. The van der Waals surface area contributed by atoms with Gasteiger partial charge in [-0.1, -0.05) is 5.16 Å². The van der Waals surface area contributed by atoms with Crippen LogP contribution < -0.4 is 5.32 Å². The number of aromatic nitrogens is 2. The van der Waals surface area contributed by atoms with Gasteiger partial charge < -0.3 is 14.6 Å². The van der Waals surface area contributed by atoms with Gasteiger partial charge in [0, 0.05) is 26.1 Å². The zero-order chi connectivity index (χ0) is 11.9. The second-order valence-corrected chi connectivity index (χ2v) is 4.60. The third-order valence-electron chi connectivity index (χ3n) is 3.06. The summed E-state index contributed by atoms with van der Waals surface area (Å²) in [5.41, 5.74) is 0. The molecular formula is C12H21N3O2. The summed E-state index contributed by atoms with van der Waals surface area (Å²) < 4.78 is 10.7. The van der Waals surface area contributed by atoms with E-state index in [0.29, 0.717) is 5.92 Å². The van der Waals surface area contributed by atoms with Gasteiger partial charge in [-0.05, 0) is 38.8 Å². The maximum absolute atomic E-state index is 5.44. The number of hydrogen-bond donors (Lipinski definition) is 1. The van der Waals surface area contributed by atoms with Gasteiger partial charge in [-0.15, -0.1) is 0 Å². The summed E-state index contributed by atoms with van der Waals surface area (Å²) in [6.45, 7) is 2.72. The Hall–Kier alpha value is -0.940. The first-order valence-corrected chi connectivity index (χ1v) is 6.42. The molecule has 1 atom stereocenters. The van der Waals surface area contributed by atoms with Gasteiger partial charge in [0.15, 0.2) is 5.82 Å². The normalized spacial score (nSPS) is 20.6. The first kappa shape index (κ1) is 12.5. The molecular weight excluding hydrogens is 218 g/mol. The molecule has 96 valence electrons. The van der Waals surface area contributed by atoms with Crippen LogP contribution in [0.1, 0.15) is 31.0 Å². The highest BCUT2D eigenvalue weighted by Crippen LogP contribution is 2.17. The predicted molar refractivity (Wildman–Crippen MR) is 63.8 cm³/mol. The summed E-state index contributed by atoms with van der Waals surface area (Å²) >= 11 is 0. The van der Waals surface area contributed by atoms with Crippen molar-refractivity contribution in [3.8, 4) is 0 Å². The van der Waals surface area contributed by atoms with Gasteiger partial charge in [0.05, 0.1) is 0 Å². The zero-order valence-electron chi connectivity index (χ0n) is 10.4. The molecule has 2 heterocycles. The van der Waals surface area contributed by atoms with Crippen LogP contribution >= 0.6 is 0 Å². The van der Waals surface area contributed by atoms with Crippen molar-refractivity contribution in [1.29, 1.82) is 0 Å². The minimum atomic E-state index is 0.550. The predicted octanol–water partition coefficient (Wildman–Crippen LogP) is 1.19. The Morgan fingerprint density at radius 1 is 1.47 bits per heavy atom. The lowest BCUT2D eigenvalue weighted by atomic mass is 9.99. The average Bonchev–Trinajstić information content (AvgIpc) is 2.79. The van der Waals surface area contributed by atoms with E-state index in [0.717, 1.165) is 57.2 Å². The molecule has 1 aromatic rings. The molecule has 0 amide bonds. The monoisotopic (exact) mass is 239 g/mol. The second kappa shape index (κ2) is 6.71. The number of nitrogens with zero attached hydrogens (tertiary/aromatic N) is 2. The lowest BCUT2D eigenvalue weighted by molar-refractivity contribution is 0.0520. The van der Waals surface area contributed by atoms with Crippen molar-refractivity contribution in [2.24, 2.45) is 5.92 Å². The highest BCUT2D eigenvalue weighted by atomic mass is 16.5. The number of aryl methyl sites for hydroxylation is 1. The summed E-state index contributed by atoms with van der Waals surface area (Å²) in [6, 6.07) is 0. The van der Waals surface area contributed by atoms with Gasteiger partial charge in [0.25, 0.3) is 0 Å². The van der Waals surface area contributed by atoms with E-state index < -0.39 is 0 Å². The highest BCUT2D eigenvalue weighted by molar-refractivity contribution is 4.88. The summed E-state index contributed by atoms with van der Waals surface area (Å²) in [7, 11) is 1.95. The van der Waals surface area contributed by atoms with E-state index in [1.807, 2.05) is 7.05 Å². The van der Waals surface area contributed by atoms with E-state index in [1.165, 1.54) is 6.42 Å². The molecule has 0 saturated carbocycles. The van der Waals surface area contributed by atoms with Gasteiger partial charge >= 0.3 is 0 Å². The van der Waals surface area contributed by atoms with Gasteiger partial charge in [-0.2, -0.15) is 4.98 Å². The highest BCUT2D eigenvalue weighted by Gasteiger charge is 2.17. The molecule has 0 aliphatic carbocycles. The quantitative estimate of drug-likeness (QED) is 0.756. The minimum Gasteiger partial charge on any atom is -0.381 e. The zero-order valence-corrected chi connectivity index (χ0v) is 10.4. The Morgan fingerprint density at radius 3 is 3.18 bits per heavy atom. The fourth-order valence-electron chi connectivity index (χ4n) is 2.11. The molecule has 0 bridgehead atoms. The summed E-state index contributed by atoms with van der Waals surface area (Å²) in [6.07, 6.45) is 5.14. The molecule has 1 aliphatic rings. The van der Waals surface area contributed by atoms with Crippen LogP contribution in [0.15, 0.2) is 4.52 Å². The van der Waals surface area contributed by atoms with Crippen molar-refractivity contribution in [3.05, 3.63) is 11.7 Å². The lowest BCUT2D eigenvalue weighted by Crippen LogP contribution is -2.19. The standard InChI is InChI=1S/C12H21N3O2/c1-13-6-2-5-11-14-12(17-15-11)8-10-4-3-7-16-9-10/h10,13H,2-9H2,1H3. The SMILES string of the molecule is CNCCCc1noc(CC2CCCOC2)n1. The Labute approximate surface area is 102 Å². The molecule has 0 spiro atoms. The fraction of sp³-hybridized carbons (Fsp3) is 0.833. The van der Waals surface area contributed by atoms with Crippen molar-refractivity contribution in [3.63, 3.8) is 0 Å². The van der Waals surface area contributed by atoms with E-state index in [9.17, 15) is 0 Å². The third kappa shape index (κ3) is 4.09. The van der Waals surface area contributed by atoms with Crippen molar-refractivity contribution in [1.82, 2.24) is 15.5 Å². The molecule has 1 aromatic heterocycles. The molecule has 0 aromatic carbocycles. The molecule has 5 nitrogen and oxygen atoms in total. The van der Waals surface area contributed by atoms with Crippen LogP contribution in [0, 0.1) is 5.92 Å².